The van der Waals surface area contributed by atoms with Gasteiger partial charge in [-0.25, -0.2) is 0 Å². The number of nitrogens with zero attached hydrogens (tertiary/aromatic N) is 1. The predicted octanol–water partition coefficient (Wildman–Crippen LogP) is 2.64. The number of aliphatic hydroxyl groups excluding tert-OH is 1. The maximum atomic E-state index is 9.21. The van der Waals surface area contributed by atoms with Gasteiger partial charge in [0.05, 0.1) is 0 Å². The van der Waals surface area contributed by atoms with Crippen molar-refractivity contribution in [2.75, 3.05) is 26.2 Å². The number of nitrogens with one attached hydrogen (secondary N) is 1. The van der Waals surface area contributed by atoms with Gasteiger partial charge in [-0.3, -0.25) is 4.90 Å². The van der Waals surface area contributed by atoms with Crippen molar-refractivity contribution in [2.24, 2.45) is 5.41 Å². The average Bonchev–Trinajstić information content (AvgIpc) is 2.46. The molecule has 0 aliphatic rings. The van der Waals surface area contributed by atoms with Crippen LogP contribution >= 0.6 is 0 Å². The Hall–Kier alpha value is -0.900. The monoisotopic (exact) mass is 278 g/mol. The maximum Gasteiger partial charge on any atom is 0.0494 e. The van der Waals surface area contributed by atoms with Gasteiger partial charge in [0, 0.05) is 31.7 Å². The van der Waals surface area contributed by atoms with Crippen LogP contribution in [0, 0.1) is 5.41 Å². The second kappa shape index (κ2) is 8.40. The highest BCUT2D eigenvalue weighted by molar-refractivity contribution is 5.22. The van der Waals surface area contributed by atoms with Gasteiger partial charge in [0.1, 0.15) is 0 Å². The predicted molar refractivity (Wildman–Crippen MR) is 85.6 cm³/mol. The molecule has 1 aromatic rings. The Morgan fingerprint density at radius 3 is 2.10 bits per heavy atom. The summed E-state index contributed by atoms with van der Waals surface area (Å²) >= 11 is 0. The van der Waals surface area contributed by atoms with E-state index in [1.807, 2.05) is 0 Å². The fourth-order valence-corrected chi connectivity index (χ4v) is 2.07. The van der Waals surface area contributed by atoms with Crippen LogP contribution in [0.2, 0.25) is 0 Å². The summed E-state index contributed by atoms with van der Waals surface area (Å²) in [5.74, 6) is 0. The quantitative estimate of drug-likeness (QED) is 0.729. The van der Waals surface area contributed by atoms with E-state index in [-0.39, 0.29) is 12.0 Å². The van der Waals surface area contributed by atoms with E-state index < -0.39 is 0 Å². The third-order valence-corrected chi connectivity index (χ3v) is 3.68. The van der Waals surface area contributed by atoms with E-state index in [0.29, 0.717) is 0 Å². The number of benzene rings is 1. The summed E-state index contributed by atoms with van der Waals surface area (Å²) in [6.45, 7) is 13.6. The van der Waals surface area contributed by atoms with Crippen molar-refractivity contribution < 1.29 is 5.11 Å². The lowest BCUT2D eigenvalue weighted by atomic mass is 9.95. The average molecular weight is 278 g/mol. The number of hydrogen-bond acceptors (Lipinski definition) is 3. The number of rotatable bonds is 9. The van der Waals surface area contributed by atoms with Crippen molar-refractivity contribution in [3.8, 4) is 0 Å². The molecule has 0 aliphatic heterocycles. The van der Waals surface area contributed by atoms with Gasteiger partial charge in [0.25, 0.3) is 0 Å². The minimum atomic E-state index is -0.0529. The molecule has 1 aromatic carbocycles. The normalized spacial score (nSPS) is 12.1. The van der Waals surface area contributed by atoms with Crippen LogP contribution in [0.4, 0.5) is 0 Å². The minimum absolute atomic E-state index is 0.0529. The summed E-state index contributed by atoms with van der Waals surface area (Å²) in [7, 11) is 0. The van der Waals surface area contributed by atoms with E-state index in [1.165, 1.54) is 11.1 Å². The third-order valence-electron chi connectivity index (χ3n) is 3.68. The van der Waals surface area contributed by atoms with E-state index in [4.69, 9.17) is 0 Å². The first-order valence-corrected chi connectivity index (χ1v) is 7.62. The van der Waals surface area contributed by atoms with Gasteiger partial charge in [-0.05, 0) is 24.2 Å². The van der Waals surface area contributed by atoms with Crippen LogP contribution in [-0.2, 0) is 13.1 Å². The van der Waals surface area contributed by atoms with Gasteiger partial charge in [-0.1, -0.05) is 52.0 Å². The van der Waals surface area contributed by atoms with E-state index in [9.17, 15) is 5.11 Å². The summed E-state index contributed by atoms with van der Waals surface area (Å²) in [6.07, 6.45) is 0. The van der Waals surface area contributed by atoms with Gasteiger partial charge in [0.2, 0.25) is 0 Å². The largest absolute Gasteiger partial charge is 0.396 e. The molecule has 3 heteroatoms. The van der Waals surface area contributed by atoms with Crippen LogP contribution in [0.1, 0.15) is 38.8 Å². The molecular formula is C17H30N2O. The zero-order valence-corrected chi connectivity index (χ0v) is 13.4. The highest BCUT2D eigenvalue weighted by Crippen LogP contribution is 2.12. The Kier molecular flexibility index (Phi) is 7.20. The second-order valence-electron chi connectivity index (χ2n) is 6.20. The maximum absolute atomic E-state index is 9.21. The first kappa shape index (κ1) is 17.2. The van der Waals surface area contributed by atoms with Crippen molar-refractivity contribution in [1.82, 2.24) is 10.2 Å². The molecule has 0 aliphatic carbocycles. The Balaban J connectivity index is 2.42. The molecule has 0 heterocycles. The molecule has 114 valence electrons. The van der Waals surface area contributed by atoms with E-state index in [0.717, 1.165) is 32.7 Å². The lowest BCUT2D eigenvalue weighted by Gasteiger charge is -2.22. The zero-order chi connectivity index (χ0) is 15.0. The van der Waals surface area contributed by atoms with Crippen molar-refractivity contribution in [2.45, 2.75) is 40.8 Å². The van der Waals surface area contributed by atoms with Gasteiger partial charge in [0.15, 0.2) is 0 Å². The van der Waals surface area contributed by atoms with E-state index in [2.05, 4.69) is 62.2 Å². The highest BCUT2D eigenvalue weighted by Gasteiger charge is 2.15. The molecular weight excluding hydrogens is 248 g/mol. The first-order valence-electron chi connectivity index (χ1n) is 7.62. The summed E-state index contributed by atoms with van der Waals surface area (Å²) in [5, 5.41) is 12.6. The summed E-state index contributed by atoms with van der Waals surface area (Å²) in [4.78, 5) is 2.41. The second-order valence-corrected chi connectivity index (χ2v) is 6.20. The minimum Gasteiger partial charge on any atom is -0.396 e. The Morgan fingerprint density at radius 1 is 1.05 bits per heavy atom. The van der Waals surface area contributed by atoms with Gasteiger partial charge in [-0.15, -0.1) is 0 Å². The fourth-order valence-electron chi connectivity index (χ4n) is 2.07. The van der Waals surface area contributed by atoms with Crippen molar-refractivity contribution >= 4 is 0 Å². The molecule has 0 amide bonds. The molecule has 3 nitrogen and oxygen atoms in total. The summed E-state index contributed by atoms with van der Waals surface area (Å²) < 4.78 is 0. The third kappa shape index (κ3) is 6.04. The van der Waals surface area contributed by atoms with Crippen LogP contribution in [-0.4, -0.2) is 36.2 Å². The molecule has 0 saturated heterocycles. The highest BCUT2D eigenvalue weighted by atomic mass is 16.3. The van der Waals surface area contributed by atoms with Crippen molar-refractivity contribution in [3.05, 3.63) is 35.4 Å². The molecule has 0 radical (unpaired) electrons. The van der Waals surface area contributed by atoms with Crippen LogP contribution < -0.4 is 5.32 Å². The molecule has 0 saturated carbocycles. The van der Waals surface area contributed by atoms with E-state index >= 15 is 0 Å². The molecule has 0 atom stereocenters. The number of hydrogen-bond donors (Lipinski definition) is 2. The Morgan fingerprint density at radius 2 is 1.60 bits per heavy atom. The van der Waals surface area contributed by atoms with Gasteiger partial charge >= 0.3 is 0 Å². The van der Waals surface area contributed by atoms with Gasteiger partial charge < -0.3 is 10.4 Å². The molecule has 1 rings (SSSR count). The van der Waals surface area contributed by atoms with Crippen molar-refractivity contribution in [3.63, 3.8) is 0 Å². The lowest BCUT2D eigenvalue weighted by Crippen LogP contribution is -2.31. The van der Waals surface area contributed by atoms with Crippen LogP contribution in [0.15, 0.2) is 24.3 Å². The molecule has 0 fully saturated rings. The Bertz CT molecular complexity index is 369. The fraction of sp³-hybridized carbons (Fsp3) is 0.647. The van der Waals surface area contributed by atoms with Crippen LogP contribution in [0.3, 0.4) is 0 Å². The Labute approximate surface area is 124 Å². The molecule has 0 unspecified atom stereocenters. The van der Waals surface area contributed by atoms with E-state index in [1.54, 1.807) is 0 Å². The zero-order valence-electron chi connectivity index (χ0n) is 13.4. The molecule has 0 spiro atoms. The molecule has 0 aromatic heterocycles. The first-order chi connectivity index (χ1) is 9.50. The standard InChI is InChI=1S/C17H30N2O/c1-5-19(6-2)12-16-9-7-15(8-10-16)11-18-13-17(3,4)14-20/h7-10,18,20H,5-6,11-14H2,1-4H3. The van der Waals surface area contributed by atoms with Crippen LogP contribution in [0.5, 0.6) is 0 Å². The topological polar surface area (TPSA) is 35.5 Å². The van der Waals surface area contributed by atoms with Crippen molar-refractivity contribution in [1.29, 1.82) is 0 Å². The van der Waals surface area contributed by atoms with Gasteiger partial charge in [-0.2, -0.15) is 0 Å². The smallest absolute Gasteiger partial charge is 0.0494 e. The summed E-state index contributed by atoms with van der Waals surface area (Å²) in [6, 6.07) is 8.81. The van der Waals surface area contributed by atoms with Crippen LogP contribution in [0.25, 0.3) is 0 Å². The molecule has 0 bridgehead atoms. The molecule has 2 N–H and O–H groups in total. The summed E-state index contributed by atoms with van der Waals surface area (Å²) in [5.41, 5.74) is 2.61. The molecule has 20 heavy (non-hydrogen) atoms. The SMILES string of the molecule is CCN(CC)Cc1ccc(CNCC(C)(C)CO)cc1. The number of aliphatic hydroxyl groups is 1. The lowest BCUT2D eigenvalue weighted by molar-refractivity contribution is 0.156.